The van der Waals surface area contributed by atoms with Crippen molar-refractivity contribution < 1.29 is 24.3 Å². The van der Waals surface area contributed by atoms with Crippen molar-refractivity contribution >= 4 is 24.5 Å². The van der Waals surface area contributed by atoms with Gasteiger partial charge in [0.05, 0.1) is 6.54 Å². The highest BCUT2D eigenvalue weighted by atomic mass is 16.6. The molecule has 21 heavy (non-hydrogen) atoms. The number of hydrogen-bond donors (Lipinski definition) is 2. The first-order valence-corrected chi connectivity index (χ1v) is 6.70. The van der Waals surface area contributed by atoms with Crippen LogP contribution in [0, 0.1) is 0 Å². The first-order valence-electron chi connectivity index (χ1n) is 6.70. The maximum Gasteiger partial charge on any atom is 0.490 e. The first-order chi connectivity index (χ1) is 9.67. The van der Waals surface area contributed by atoms with Crippen LogP contribution in [0.4, 0.5) is 10.6 Å². The number of aromatic nitrogens is 1. The van der Waals surface area contributed by atoms with Crippen molar-refractivity contribution in [1.82, 2.24) is 4.98 Å². The number of rotatable bonds is 1. The number of ether oxygens (including phenoxy) is 2. The third-order valence-electron chi connectivity index (χ3n) is 2.79. The number of carbonyl (C=O) groups excluding carboxylic acids is 1. The van der Waals surface area contributed by atoms with Crippen LogP contribution >= 0.6 is 0 Å². The summed E-state index contributed by atoms with van der Waals surface area (Å²) >= 11 is 0. The van der Waals surface area contributed by atoms with Crippen molar-refractivity contribution in [1.29, 1.82) is 0 Å². The van der Waals surface area contributed by atoms with Gasteiger partial charge in [0.1, 0.15) is 11.7 Å². The van der Waals surface area contributed by atoms with E-state index in [2.05, 4.69) is 4.98 Å². The number of hydrogen-bond acceptors (Lipinski definition) is 6. The molecule has 1 aliphatic rings. The second-order valence-corrected chi connectivity index (χ2v) is 5.98. The van der Waals surface area contributed by atoms with Gasteiger partial charge in [-0.05, 0) is 33.8 Å². The summed E-state index contributed by atoms with van der Waals surface area (Å²) in [6.07, 6.45) is 0.529. The summed E-state index contributed by atoms with van der Waals surface area (Å²) in [6.45, 7) is 7.48. The predicted octanol–water partition coefficient (Wildman–Crippen LogP) is 0.284. The monoisotopic (exact) mass is 294 g/mol. The van der Waals surface area contributed by atoms with Gasteiger partial charge in [-0.2, -0.15) is 0 Å². The zero-order valence-corrected chi connectivity index (χ0v) is 12.5. The Kier molecular flexibility index (Phi) is 4.11. The van der Waals surface area contributed by atoms with Gasteiger partial charge in [0.25, 0.3) is 0 Å². The first kappa shape index (κ1) is 15.6. The van der Waals surface area contributed by atoms with Gasteiger partial charge in [-0.3, -0.25) is 4.90 Å². The van der Waals surface area contributed by atoms with Crippen molar-refractivity contribution in [3.63, 3.8) is 0 Å². The van der Waals surface area contributed by atoms with Crippen molar-refractivity contribution in [3.8, 4) is 5.75 Å². The van der Waals surface area contributed by atoms with Gasteiger partial charge in [-0.1, -0.05) is 0 Å². The minimum Gasteiger partial charge on any atom is -0.485 e. The summed E-state index contributed by atoms with van der Waals surface area (Å²) < 4.78 is 11.0. The van der Waals surface area contributed by atoms with Crippen LogP contribution in [0.1, 0.15) is 27.7 Å². The molecule has 0 saturated heterocycles. The lowest BCUT2D eigenvalue weighted by molar-refractivity contribution is 0.0550. The molecule has 8 heteroatoms. The summed E-state index contributed by atoms with van der Waals surface area (Å²) in [7, 11) is -1.64. The molecule has 2 N–H and O–H groups in total. The molecule has 1 aromatic heterocycles. The Labute approximate surface area is 123 Å². The zero-order chi connectivity index (χ0) is 15.8. The van der Waals surface area contributed by atoms with E-state index in [9.17, 15) is 14.8 Å². The maximum atomic E-state index is 12.3. The van der Waals surface area contributed by atoms with E-state index in [1.807, 2.05) is 6.92 Å². The number of carbonyl (C=O) groups is 1. The molecule has 7 nitrogen and oxygen atoms in total. The SMILES string of the molecule is CC1CN(C(=O)OC(C)(C)C)c2ncc(B(O)O)cc2O1. The maximum absolute atomic E-state index is 12.3. The van der Waals surface area contributed by atoms with Gasteiger partial charge in [0.15, 0.2) is 11.6 Å². The Hall–Kier alpha value is -1.80. The van der Waals surface area contributed by atoms with Crippen LogP contribution in [0.25, 0.3) is 0 Å². The Morgan fingerprint density at radius 3 is 2.76 bits per heavy atom. The predicted molar refractivity (Wildman–Crippen MR) is 77.7 cm³/mol. The molecule has 1 amide bonds. The summed E-state index contributed by atoms with van der Waals surface area (Å²) in [6, 6.07) is 1.46. The number of anilines is 1. The second kappa shape index (κ2) is 5.53. The highest BCUT2D eigenvalue weighted by Crippen LogP contribution is 2.31. The molecule has 1 aromatic rings. The molecule has 0 saturated carbocycles. The molecule has 0 spiro atoms. The fourth-order valence-corrected chi connectivity index (χ4v) is 1.96. The van der Waals surface area contributed by atoms with E-state index in [0.717, 1.165) is 0 Å². The zero-order valence-electron chi connectivity index (χ0n) is 12.5. The third-order valence-corrected chi connectivity index (χ3v) is 2.79. The van der Waals surface area contributed by atoms with E-state index in [0.29, 0.717) is 18.1 Å². The Balaban J connectivity index is 2.33. The van der Waals surface area contributed by atoms with E-state index < -0.39 is 18.8 Å². The third kappa shape index (κ3) is 3.65. The molecule has 114 valence electrons. The van der Waals surface area contributed by atoms with Crippen LogP contribution in [0.15, 0.2) is 12.3 Å². The molecule has 0 aromatic carbocycles. The molecule has 0 radical (unpaired) electrons. The van der Waals surface area contributed by atoms with Crippen molar-refractivity contribution in [2.75, 3.05) is 11.4 Å². The number of fused-ring (bicyclic) bond motifs is 1. The van der Waals surface area contributed by atoms with Crippen LogP contribution in [0.5, 0.6) is 5.75 Å². The van der Waals surface area contributed by atoms with Crippen LogP contribution in [-0.2, 0) is 4.74 Å². The fraction of sp³-hybridized carbons (Fsp3) is 0.538. The highest BCUT2D eigenvalue weighted by Gasteiger charge is 2.33. The molecule has 2 heterocycles. The lowest BCUT2D eigenvalue weighted by Gasteiger charge is -2.33. The van der Waals surface area contributed by atoms with Gasteiger partial charge in [-0.15, -0.1) is 0 Å². The fourth-order valence-electron chi connectivity index (χ4n) is 1.96. The average Bonchev–Trinajstić information content (AvgIpc) is 2.34. The smallest absolute Gasteiger partial charge is 0.485 e. The van der Waals surface area contributed by atoms with Gasteiger partial charge < -0.3 is 19.5 Å². The minimum absolute atomic E-state index is 0.201. The number of nitrogens with zero attached hydrogens (tertiary/aromatic N) is 2. The normalized spacial score (nSPS) is 17.8. The van der Waals surface area contributed by atoms with Gasteiger partial charge in [0.2, 0.25) is 0 Å². The minimum atomic E-state index is -1.64. The van der Waals surface area contributed by atoms with Gasteiger partial charge in [0, 0.05) is 11.7 Å². The molecule has 1 atom stereocenters. The summed E-state index contributed by atoms with van der Waals surface area (Å²) in [5, 5.41) is 18.3. The molecule has 0 bridgehead atoms. The molecule has 2 rings (SSSR count). The second-order valence-electron chi connectivity index (χ2n) is 5.98. The van der Waals surface area contributed by atoms with Gasteiger partial charge in [-0.25, -0.2) is 9.78 Å². The summed E-state index contributed by atoms with van der Waals surface area (Å²) in [4.78, 5) is 17.7. The van der Waals surface area contributed by atoms with Crippen molar-refractivity contribution in [3.05, 3.63) is 12.3 Å². The quantitative estimate of drug-likeness (QED) is 0.723. The standard InChI is InChI=1S/C13H19BN2O5/c1-8-7-16(12(17)21-13(2,3)4)11-10(20-8)5-9(6-15-11)14(18)19/h5-6,8,18-19H,7H2,1-4H3. The molecule has 0 fully saturated rings. The summed E-state index contributed by atoms with van der Waals surface area (Å²) in [5.74, 6) is 0.636. The van der Waals surface area contributed by atoms with Crippen LogP contribution < -0.4 is 15.1 Å². The van der Waals surface area contributed by atoms with Crippen LogP contribution in [0.2, 0.25) is 0 Å². The van der Waals surface area contributed by atoms with Crippen molar-refractivity contribution in [2.24, 2.45) is 0 Å². The molecule has 1 aliphatic heterocycles. The Morgan fingerprint density at radius 2 is 2.19 bits per heavy atom. The number of amides is 1. The average molecular weight is 294 g/mol. The van der Waals surface area contributed by atoms with E-state index in [1.165, 1.54) is 17.2 Å². The number of pyridine rings is 1. The van der Waals surface area contributed by atoms with E-state index in [-0.39, 0.29) is 11.6 Å². The lowest BCUT2D eigenvalue weighted by atomic mass is 9.81. The molecule has 0 aliphatic carbocycles. The van der Waals surface area contributed by atoms with E-state index in [4.69, 9.17) is 9.47 Å². The van der Waals surface area contributed by atoms with Gasteiger partial charge >= 0.3 is 13.2 Å². The summed E-state index contributed by atoms with van der Waals surface area (Å²) in [5.41, 5.74) is -0.410. The van der Waals surface area contributed by atoms with Crippen LogP contribution in [0.3, 0.4) is 0 Å². The molecular formula is C13H19BN2O5. The molecular weight excluding hydrogens is 275 g/mol. The topological polar surface area (TPSA) is 92.1 Å². The van der Waals surface area contributed by atoms with E-state index in [1.54, 1.807) is 20.8 Å². The largest absolute Gasteiger partial charge is 0.490 e. The molecule has 1 unspecified atom stereocenters. The lowest BCUT2D eigenvalue weighted by Crippen LogP contribution is -2.46. The Bertz CT molecular complexity index is 544. The van der Waals surface area contributed by atoms with E-state index >= 15 is 0 Å². The van der Waals surface area contributed by atoms with Crippen molar-refractivity contribution in [2.45, 2.75) is 39.4 Å². The van der Waals surface area contributed by atoms with Crippen LogP contribution in [-0.4, -0.2) is 46.5 Å². The highest BCUT2D eigenvalue weighted by molar-refractivity contribution is 6.58. The Morgan fingerprint density at radius 1 is 1.52 bits per heavy atom.